The number of halogens is 1. The van der Waals surface area contributed by atoms with E-state index in [1.807, 2.05) is 0 Å². The van der Waals surface area contributed by atoms with Crippen molar-refractivity contribution in [3.8, 4) is 0 Å². The number of nitrogens with zero attached hydrogens (tertiary/aromatic N) is 2. The summed E-state index contributed by atoms with van der Waals surface area (Å²) in [6, 6.07) is 0.463. The quantitative estimate of drug-likeness (QED) is 0.887. The molecule has 0 amide bonds. The molecule has 21 heavy (non-hydrogen) atoms. The van der Waals surface area contributed by atoms with E-state index in [4.69, 9.17) is 16.7 Å². The number of carbonyl (C=O) groups is 1. The highest BCUT2D eigenvalue weighted by Gasteiger charge is 2.40. The van der Waals surface area contributed by atoms with Gasteiger partial charge in [-0.15, -0.1) is 0 Å². The molecule has 0 aliphatic carbocycles. The number of H-pyrrole nitrogens is 1. The number of hydrogen-bond donors (Lipinski definition) is 2. The van der Waals surface area contributed by atoms with Crippen LogP contribution in [0.4, 0.5) is 0 Å². The largest absolute Gasteiger partial charge is 0.480 e. The van der Waals surface area contributed by atoms with Crippen LogP contribution in [0.1, 0.15) is 12.8 Å². The molecule has 2 aromatic rings. The molecule has 1 atom stereocenters. The molecule has 2 aromatic heterocycles. The molecule has 3 heterocycles. The highest BCUT2D eigenvalue weighted by molar-refractivity contribution is 7.89. The van der Waals surface area contributed by atoms with Gasteiger partial charge in [-0.1, -0.05) is 11.6 Å². The molecule has 0 bridgehead atoms. The molecule has 1 fully saturated rings. The van der Waals surface area contributed by atoms with Crippen molar-refractivity contribution in [2.45, 2.75) is 23.8 Å². The highest BCUT2D eigenvalue weighted by atomic mass is 35.5. The Morgan fingerprint density at radius 1 is 1.52 bits per heavy atom. The van der Waals surface area contributed by atoms with Gasteiger partial charge in [-0.05, 0) is 18.9 Å². The number of aromatic nitrogens is 2. The normalized spacial score (nSPS) is 20.1. The number of aromatic amines is 1. The molecular weight excluding hydrogens is 318 g/mol. The topological polar surface area (TPSA) is 103 Å². The van der Waals surface area contributed by atoms with Crippen LogP contribution in [0.15, 0.2) is 23.4 Å². The average molecular weight is 330 g/mol. The number of nitrogens with one attached hydrogen (secondary N) is 1. The van der Waals surface area contributed by atoms with Crippen LogP contribution in [-0.2, 0) is 14.8 Å². The van der Waals surface area contributed by atoms with Gasteiger partial charge < -0.3 is 10.1 Å². The molecule has 1 aliphatic rings. The third-order valence-corrected chi connectivity index (χ3v) is 5.81. The van der Waals surface area contributed by atoms with E-state index in [2.05, 4.69) is 9.97 Å². The summed E-state index contributed by atoms with van der Waals surface area (Å²) in [5.74, 6) is -1.14. The van der Waals surface area contributed by atoms with Gasteiger partial charge in [0.25, 0.3) is 0 Å². The molecule has 0 saturated carbocycles. The van der Waals surface area contributed by atoms with Gasteiger partial charge in [-0.3, -0.25) is 4.79 Å². The molecule has 1 aliphatic heterocycles. The van der Waals surface area contributed by atoms with Crippen LogP contribution in [-0.4, -0.2) is 46.4 Å². The van der Waals surface area contributed by atoms with Gasteiger partial charge >= 0.3 is 5.97 Å². The first-order chi connectivity index (χ1) is 9.93. The Bertz CT molecular complexity index is 817. The van der Waals surface area contributed by atoms with Gasteiger partial charge in [0.15, 0.2) is 0 Å². The molecule has 3 rings (SSSR count). The number of rotatable bonds is 3. The summed E-state index contributed by atoms with van der Waals surface area (Å²) in [6.07, 6.45) is 3.59. The molecule has 1 unspecified atom stereocenters. The van der Waals surface area contributed by atoms with Crippen molar-refractivity contribution in [2.75, 3.05) is 6.54 Å². The van der Waals surface area contributed by atoms with Gasteiger partial charge in [0.1, 0.15) is 16.6 Å². The summed E-state index contributed by atoms with van der Waals surface area (Å²) in [4.78, 5) is 17.9. The van der Waals surface area contributed by atoms with Crippen molar-refractivity contribution < 1.29 is 18.3 Å². The van der Waals surface area contributed by atoms with Crippen LogP contribution in [0, 0.1) is 0 Å². The molecule has 2 N–H and O–H groups in total. The van der Waals surface area contributed by atoms with E-state index < -0.39 is 22.0 Å². The van der Waals surface area contributed by atoms with E-state index >= 15 is 0 Å². The fourth-order valence-electron chi connectivity index (χ4n) is 2.59. The fourth-order valence-corrected chi connectivity index (χ4v) is 4.72. The van der Waals surface area contributed by atoms with Crippen LogP contribution in [0.25, 0.3) is 11.0 Å². The predicted octanol–water partition coefficient (Wildman–Crippen LogP) is 1.45. The molecule has 9 heteroatoms. The Hall–Kier alpha value is -1.64. The predicted molar refractivity (Wildman–Crippen MR) is 75.7 cm³/mol. The number of sulfonamides is 1. The van der Waals surface area contributed by atoms with Gasteiger partial charge in [-0.2, -0.15) is 4.31 Å². The molecule has 0 spiro atoms. The third kappa shape index (κ3) is 2.19. The van der Waals surface area contributed by atoms with E-state index in [0.717, 1.165) is 4.31 Å². The second-order valence-corrected chi connectivity index (χ2v) is 7.05. The SMILES string of the molecule is O=C(O)C1CCCN1S(=O)(=O)c1c[nH]c2nccc(Cl)c12. The summed E-state index contributed by atoms with van der Waals surface area (Å²) >= 11 is 6.06. The minimum absolute atomic E-state index is 0.0382. The standard InChI is InChI=1S/C12H12ClN3O4S/c13-7-3-4-14-11-10(7)9(6-15-11)21(19,20)16-5-1-2-8(16)12(17)18/h3-4,6,8H,1-2,5H2,(H,14,15)(H,17,18). The average Bonchev–Trinajstić information content (AvgIpc) is 3.06. The lowest BCUT2D eigenvalue weighted by Crippen LogP contribution is -2.40. The molecule has 112 valence electrons. The summed E-state index contributed by atoms with van der Waals surface area (Å²) in [6.45, 7) is 0.184. The van der Waals surface area contributed by atoms with Crippen molar-refractivity contribution >= 4 is 38.6 Å². The maximum Gasteiger partial charge on any atom is 0.322 e. The molecule has 1 saturated heterocycles. The Morgan fingerprint density at radius 2 is 2.29 bits per heavy atom. The zero-order valence-corrected chi connectivity index (χ0v) is 12.4. The minimum Gasteiger partial charge on any atom is -0.480 e. The minimum atomic E-state index is -3.94. The van der Waals surface area contributed by atoms with Gasteiger partial charge in [0.05, 0.1) is 10.4 Å². The number of carboxylic acid groups (broad SMARTS) is 1. The van der Waals surface area contributed by atoms with Crippen LogP contribution >= 0.6 is 11.6 Å². The number of fused-ring (bicyclic) bond motifs is 1. The summed E-state index contributed by atoms with van der Waals surface area (Å²) in [5.41, 5.74) is 0.354. The van der Waals surface area contributed by atoms with Crippen LogP contribution < -0.4 is 0 Å². The number of pyridine rings is 1. The summed E-state index contributed by atoms with van der Waals surface area (Å²) < 4.78 is 26.5. The zero-order valence-electron chi connectivity index (χ0n) is 10.8. The van der Waals surface area contributed by atoms with E-state index in [9.17, 15) is 13.2 Å². The van der Waals surface area contributed by atoms with Crippen molar-refractivity contribution in [1.29, 1.82) is 0 Å². The summed E-state index contributed by atoms with van der Waals surface area (Å²) in [7, 11) is -3.94. The van der Waals surface area contributed by atoms with Crippen molar-refractivity contribution in [2.24, 2.45) is 0 Å². The summed E-state index contributed by atoms with van der Waals surface area (Å²) in [5, 5.41) is 9.70. The Balaban J connectivity index is 2.15. The lowest BCUT2D eigenvalue weighted by molar-refractivity contribution is -0.140. The highest BCUT2D eigenvalue weighted by Crippen LogP contribution is 2.33. The van der Waals surface area contributed by atoms with E-state index in [-0.39, 0.29) is 21.8 Å². The van der Waals surface area contributed by atoms with Crippen LogP contribution in [0.3, 0.4) is 0 Å². The van der Waals surface area contributed by atoms with E-state index in [1.165, 1.54) is 18.5 Å². The van der Waals surface area contributed by atoms with Crippen molar-refractivity contribution in [1.82, 2.24) is 14.3 Å². The maximum atomic E-state index is 12.7. The van der Waals surface area contributed by atoms with Crippen molar-refractivity contribution in [3.05, 3.63) is 23.5 Å². The fraction of sp³-hybridized carbons (Fsp3) is 0.333. The monoisotopic (exact) mass is 329 g/mol. The van der Waals surface area contributed by atoms with Crippen LogP contribution in [0.2, 0.25) is 5.02 Å². The molecule has 7 nitrogen and oxygen atoms in total. The smallest absolute Gasteiger partial charge is 0.322 e. The Kier molecular flexibility index (Phi) is 3.39. The van der Waals surface area contributed by atoms with E-state index in [1.54, 1.807) is 0 Å². The first-order valence-electron chi connectivity index (χ1n) is 6.29. The maximum absolute atomic E-state index is 12.7. The Labute approximate surface area is 125 Å². The first kappa shape index (κ1) is 14.3. The second-order valence-electron chi connectivity index (χ2n) is 4.78. The van der Waals surface area contributed by atoms with Crippen molar-refractivity contribution in [3.63, 3.8) is 0 Å². The third-order valence-electron chi connectivity index (χ3n) is 3.56. The number of carboxylic acids is 1. The number of aliphatic carboxylic acids is 1. The second kappa shape index (κ2) is 4.97. The lowest BCUT2D eigenvalue weighted by Gasteiger charge is -2.20. The van der Waals surface area contributed by atoms with Gasteiger partial charge in [-0.25, -0.2) is 13.4 Å². The van der Waals surface area contributed by atoms with Crippen LogP contribution in [0.5, 0.6) is 0 Å². The molecular formula is C12H12ClN3O4S. The first-order valence-corrected chi connectivity index (χ1v) is 8.11. The van der Waals surface area contributed by atoms with Gasteiger partial charge in [0.2, 0.25) is 10.0 Å². The van der Waals surface area contributed by atoms with Gasteiger partial charge in [0, 0.05) is 18.9 Å². The zero-order chi connectivity index (χ0) is 15.2. The molecule has 0 aromatic carbocycles. The lowest BCUT2D eigenvalue weighted by atomic mass is 10.2. The number of hydrogen-bond acceptors (Lipinski definition) is 4. The van der Waals surface area contributed by atoms with E-state index in [0.29, 0.717) is 18.5 Å². The molecule has 0 radical (unpaired) electrons. The Morgan fingerprint density at radius 3 is 3.00 bits per heavy atom.